The maximum absolute atomic E-state index is 2.43. The number of allylic oxidation sites excluding steroid dienone is 1. The minimum absolute atomic E-state index is 1.24. The van der Waals surface area contributed by atoms with Gasteiger partial charge in [0.25, 0.3) is 0 Å². The second kappa shape index (κ2) is 12.7. The van der Waals surface area contributed by atoms with Crippen molar-refractivity contribution in [1.82, 2.24) is 0 Å². The Balaban J connectivity index is 1.32. The van der Waals surface area contributed by atoms with E-state index in [9.17, 15) is 0 Å². The van der Waals surface area contributed by atoms with Crippen molar-refractivity contribution in [2.24, 2.45) is 0 Å². The van der Waals surface area contributed by atoms with Crippen LogP contribution in [0, 0.1) is 6.92 Å². The summed E-state index contributed by atoms with van der Waals surface area (Å²) in [5, 5.41) is 7.24. The van der Waals surface area contributed by atoms with Crippen LogP contribution in [0.2, 0.25) is 13.1 Å². The monoisotopic (exact) mass is 540 g/mol. The normalized spacial score (nSPS) is 12.0. The van der Waals surface area contributed by atoms with Gasteiger partial charge in [0.15, 0.2) is 0 Å². The molecule has 4 aromatic rings. The van der Waals surface area contributed by atoms with Crippen molar-refractivity contribution in [2.75, 3.05) is 0 Å². The third-order valence-electron chi connectivity index (χ3n) is 6.09. The quantitative estimate of drug-likeness (QED) is 0.153. The summed E-state index contributed by atoms with van der Waals surface area (Å²) >= 11 is 5.30. The highest BCUT2D eigenvalue weighted by Gasteiger charge is 2.25. The van der Waals surface area contributed by atoms with Gasteiger partial charge in [-0.05, 0) is 84.8 Å². The van der Waals surface area contributed by atoms with Gasteiger partial charge >= 0.3 is 0 Å². The van der Waals surface area contributed by atoms with Crippen LogP contribution in [-0.4, -0.2) is 8.07 Å². The van der Waals surface area contributed by atoms with Crippen LogP contribution in [0.1, 0.15) is 18.1 Å². The van der Waals surface area contributed by atoms with Crippen LogP contribution in [0.4, 0.5) is 0 Å². The molecule has 0 aliphatic carbocycles. The first-order valence-corrected chi connectivity index (χ1v) is 17.7. The van der Waals surface area contributed by atoms with Crippen molar-refractivity contribution >= 4 is 59.8 Å². The molecule has 0 aromatic heterocycles. The zero-order valence-corrected chi connectivity index (χ0v) is 24.7. The molecule has 0 nitrogen and oxygen atoms in total. The molecule has 0 heterocycles. The Morgan fingerprint density at radius 3 is 1.50 bits per heavy atom. The molecule has 4 aromatic carbocycles. The predicted molar refractivity (Wildman–Crippen MR) is 167 cm³/mol. The Bertz CT molecular complexity index is 1300. The van der Waals surface area contributed by atoms with Gasteiger partial charge in [-0.15, -0.1) is 0 Å². The van der Waals surface area contributed by atoms with E-state index >= 15 is 0 Å². The summed E-state index contributed by atoms with van der Waals surface area (Å²) in [6, 6.07) is 35.7. The van der Waals surface area contributed by atoms with Crippen molar-refractivity contribution in [3.05, 3.63) is 125 Å². The average Bonchev–Trinajstić information content (AvgIpc) is 2.90. The average molecular weight is 541 g/mol. The minimum Gasteiger partial charge on any atom is -0.0984 e. The lowest BCUT2D eigenvalue weighted by Gasteiger charge is -2.24. The molecule has 0 unspecified atom stereocenters. The van der Waals surface area contributed by atoms with E-state index in [1.165, 1.54) is 41.1 Å². The van der Waals surface area contributed by atoms with E-state index in [-0.39, 0.29) is 0 Å². The molecule has 36 heavy (non-hydrogen) atoms. The van der Waals surface area contributed by atoms with Gasteiger partial charge < -0.3 is 0 Å². The first kappa shape index (κ1) is 26.7. The first-order chi connectivity index (χ1) is 17.4. The Morgan fingerprint density at radius 1 is 0.556 bits per heavy atom. The molecule has 0 spiro atoms. The van der Waals surface area contributed by atoms with Crippen molar-refractivity contribution in [1.29, 1.82) is 0 Å². The lowest BCUT2D eigenvalue weighted by molar-refractivity contribution is 1.32. The van der Waals surface area contributed by atoms with Crippen LogP contribution in [0.15, 0.2) is 134 Å². The lowest BCUT2D eigenvalue weighted by Crippen LogP contribution is -2.52. The molecule has 0 N–H and O–H groups in total. The SMILES string of the molecule is C/C=C/Sc1ccc(Sc2ccc(S/C=C/c3ccc([Si](C)(C)c4ccc(C)cc4)cc3)cc2)cc1. The highest BCUT2D eigenvalue weighted by molar-refractivity contribution is 8.02. The minimum atomic E-state index is -1.66. The van der Waals surface area contributed by atoms with Crippen molar-refractivity contribution < 1.29 is 0 Å². The van der Waals surface area contributed by atoms with E-state index in [0.717, 1.165) is 0 Å². The standard InChI is InChI=1S/C32H32S3Si/c1-5-23-33-27-10-14-29(15-11-27)35-30-16-12-28(13-17-30)34-24-22-26-8-20-32(21-9-26)36(3,4)31-18-6-25(2)7-19-31/h5-24H,1-4H3/b23-5+,24-22+. The second-order valence-electron chi connectivity index (χ2n) is 9.17. The Labute approximate surface area is 230 Å². The van der Waals surface area contributed by atoms with Gasteiger partial charge in [-0.25, -0.2) is 0 Å². The molecular weight excluding hydrogens is 509 g/mol. The van der Waals surface area contributed by atoms with Gasteiger partial charge in [0.05, 0.1) is 0 Å². The van der Waals surface area contributed by atoms with Gasteiger partial charge in [-0.1, -0.05) is 119 Å². The summed E-state index contributed by atoms with van der Waals surface area (Å²) < 4.78 is 0. The summed E-state index contributed by atoms with van der Waals surface area (Å²) in [6.07, 6.45) is 4.26. The highest BCUT2D eigenvalue weighted by Crippen LogP contribution is 2.31. The molecule has 4 rings (SSSR count). The summed E-state index contributed by atoms with van der Waals surface area (Å²) in [5.41, 5.74) is 2.56. The Hall–Kier alpha value is -2.37. The van der Waals surface area contributed by atoms with E-state index < -0.39 is 8.07 Å². The van der Waals surface area contributed by atoms with Gasteiger partial charge in [0.2, 0.25) is 0 Å². The maximum Gasteiger partial charge on any atom is 0.112 e. The van der Waals surface area contributed by atoms with Gasteiger partial charge in [-0.2, -0.15) is 0 Å². The molecule has 0 saturated carbocycles. The third kappa shape index (κ3) is 7.33. The highest BCUT2D eigenvalue weighted by atomic mass is 32.2. The van der Waals surface area contributed by atoms with E-state index in [4.69, 9.17) is 0 Å². The van der Waals surface area contributed by atoms with Crippen molar-refractivity contribution in [3.63, 3.8) is 0 Å². The second-order valence-corrected chi connectivity index (χ2v) is 16.7. The molecule has 0 aliphatic heterocycles. The third-order valence-corrected chi connectivity index (χ3v) is 12.4. The number of hydrogen-bond donors (Lipinski definition) is 0. The molecule has 0 radical (unpaired) electrons. The number of hydrogen-bond acceptors (Lipinski definition) is 3. The molecule has 0 amide bonds. The fourth-order valence-electron chi connectivity index (χ4n) is 3.79. The maximum atomic E-state index is 2.43. The molecule has 4 heteroatoms. The molecule has 0 aliphatic rings. The number of thioether (sulfide) groups is 2. The number of aryl methyl sites for hydroxylation is 1. The van der Waals surface area contributed by atoms with Crippen LogP contribution in [0.25, 0.3) is 6.08 Å². The van der Waals surface area contributed by atoms with Crippen molar-refractivity contribution in [3.8, 4) is 0 Å². The lowest BCUT2D eigenvalue weighted by atomic mass is 10.2. The van der Waals surface area contributed by atoms with Gasteiger partial charge in [0, 0.05) is 19.6 Å². The van der Waals surface area contributed by atoms with Crippen LogP contribution < -0.4 is 10.4 Å². The molecule has 0 saturated heterocycles. The summed E-state index contributed by atoms with van der Waals surface area (Å²) in [7, 11) is -1.66. The Kier molecular flexibility index (Phi) is 9.44. The fourth-order valence-corrected chi connectivity index (χ4v) is 8.21. The molecule has 0 bridgehead atoms. The number of benzene rings is 4. The molecular formula is C32H32S3Si. The number of rotatable bonds is 9. The van der Waals surface area contributed by atoms with Gasteiger partial charge in [-0.3, -0.25) is 0 Å². The van der Waals surface area contributed by atoms with E-state index in [2.05, 4.69) is 140 Å². The zero-order chi connectivity index (χ0) is 25.4. The largest absolute Gasteiger partial charge is 0.112 e. The summed E-state index contributed by atoms with van der Waals surface area (Å²) in [4.78, 5) is 5.03. The van der Waals surface area contributed by atoms with Crippen LogP contribution in [0.3, 0.4) is 0 Å². The van der Waals surface area contributed by atoms with Crippen LogP contribution in [0.5, 0.6) is 0 Å². The van der Waals surface area contributed by atoms with Crippen molar-refractivity contribution in [2.45, 2.75) is 46.5 Å². The summed E-state index contributed by atoms with van der Waals surface area (Å²) in [5.74, 6) is 0. The molecule has 0 fully saturated rings. The van der Waals surface area contributed by atoms with Crippen LogP contribution >= 0.6 is 35.3 Å². The van der Waals surface area contributed by atoms with Crippen LogP contribution in [-0.2, 0) is 0 Å². The summed E-state index contributed by atoms with van der Waals surface area (Å²) in [6.45, 7) is 9.05. The van der Waals surface area contributed by atoms with Gasteiger partial charge in [0.1, 0.15) is 8.07 Å². The van der Waals surface area contributed by atoms with E-state index in [1.54, 1.807) is 35.3 Å². The Morgan fingerprint density at radius 2 is 1.00 bits per heavy atom. The predicted octanol–water partition coefficient (Wildman–Crippen LogP) is 9.36. The van der Waals surface area contributed by atoms with E-state index in [0.29, 0.717) is 0 Å². The fraction of sp³-hybridized carbons (Fsp3) is 0.125. The molecule has 0 atom stereocenters. The smallest absolute Gasteiger partial charge is 0.0984 e. The zero-order valence-electron chi connectivity index (χ0n) is 21.3. The topological polar surface area (TPSA) is 0 Å². The van der Waals surface area contributed by atoms with E-state index in [1.807, 2.05) is 6.92 Å². The molecule has 182 valence electrons. The first-order valence-electron chi connectivity index (χ1n) is 12.1.